The van der Waals surface area contributed by atoms with Gasteiger partial charge in [0.2, 0.25) is 5.91 Å². The minimum atomic E-state index is 0.0813. The topological polar surface area (TPSA) is 51.0 Å². The predicted molar refractivity (Wildman–Crippen MR) is 85.2 cm³/mol. The summed E-state index contributed by atoms with van der Waals surface area (Å²) in [5, 5.41) is 4.62. The van der Waals surface area contributed by atoms with Crippen LogP contribution in [0.15, 0.2) is 30.7 Å². The van der Waals surface area contributed by atoms with Gasteiger partial charge in [-0.2, -0.15) is 16.9 Å². The maximum Gasteiger partial charge on any atom is 0.231 e. The highest BCUT2D eigenvalue weighted by molar-refractivity contribution is 7.98. The van der Waals surface area contributed by atoms with Crippen molar-refractivity contribution in [3.8, 4) is 5.69 Å². The van der Waals surface area contributed by atoms with Gasteiger partial charge in [0.25, 0.3) is 0 Å². The number of hydrogen-bond acceptors (Lipinski definition) is 4. The molecule has 1 fully saturated rings. The Morgan fingerprint density at radius 1 is 1.52 bits per heavy atom. The molecule has 110 valence electrons. The van der Waals surface area contributed by atoms with Gasteiger partial charge in [-0.25, -0.2) is 4.68 Å². The van der Waals surface area contributed by atoms with Crippen LogP contribution in [-0.2, 0) is 4.79 Å². The van der Waals surface area contributed by atoms with Crippen molar-refractivity contribution in [3.63, 3.8) is 0 Å². The van der Waals surface area contributed by atoms with Crippen LogP contribution in [0.1, 0.15) is 6.42 Å². The Morgan fingerprint density at radius 2 is 2.38 bits per heavy atom. The van der Waals surface area contributed by atoms with Crippen LogP contribution in [0.25, 0.3) is 5.69 Å². The van der Waals surface area contributed by atoms with Crippen LogP contribution in [0.5, 0.6) is 0 Å². The summed E-state index contributed by atoms with van der Waals surface area (Å²) >= 11 is 7.91. The van der Waals surface area contributed by atoms with Gasteiger partial charge in [-0.3, -0.25) is 9.78 Å². The molecule has 1 amide bonds. The number of anilines is 1. The van der Waals surface area contributed by atoms with E-state index >= 15 is 0 Å². The van der Waals surface area contributed by atoms with Gasteiger partial charge in [0, 0.05) is 24.4 Å². The summed E-state index contributed by atoms with van der Waals surface area (Å²) in [6, 6.07) is 3.72. The predicted octanol–water partition coefficient (Wildman–Crippen LogP) is 2.64. The number of carbonyl (C=O) groups is 1. The molecule has 0 bridgehead atoms. The van der Waals surface area contributed by atoms with Gasteiger partial charge in [-0.1, -0.05) is 11.6 Å². The Bertz CT molecular complexity index is 646. The minimum Gasteiger partial charge on any atom is -0.308 e. The van der Waals surface area contributed by atoms with Crippen molar-refractivity contribution in [2.45, 2.75) is 6.42 Å². The third-order valence-corrected chi connectivity index (χ3v) is 4.54. The third-order valence-electron chi connectivity index (χ3n) is 3.54. The van der Waals surface area contributed by atoms with Gasteiger partial charge in [0.05, 0.1) is 18.1 Å². The maximum absolute atomic E-state index is 12.4. The van der Waals surface area contributed by atoms with E-state index in [0.717, 1.165) is 17.9 Å². The van der Waals surface area contributed by atoms with Crippen molar-refractivity contribution in [1.82, 2.24) is 14.8 Å². The summed E-state index contributed by atoms with van der Waals surface area (Å²) in [5.74, 6) is 1.07. The van der Waals surface area contributed by atoms with Crippen LogP contribution in [0, 0.1) is 5.92 Å². The van der Waals surface area contributed by atoms with E-state index in [0.29, 0.717) is 17.4 Å². The van der Waals surface area contributed by atoms with E-state index in [-0.39, 0.29) is 11.8 Å². The molecule has 5 nitrogen and oxygen atoms in total. The quantitative estimate of drug-likeness (QED) is 0.868. The summed E-state index contributed by atoms with van der Waals surface area (Å²) in [6.45, 7) is 0.697. The van der Waals surface area contributed by atoms with Crippen molar-refractivity contribution in [3.05, 3.63) is 35.9 Å². The molecule has 0 saturated carbocycles. The standard InChI is InChI=1S/C14H15ClN4OS/c1-21-9-10-4-6-18(14(10)20)12-8-19(17-13(12)15)11-3-2-5-16-7-11/h2-3,5,7-8,10H,4,6,9H2,1H3. The number of carbonyl (C=O) groups excluding carboxylic acids is 1. The van der Waals surface area contributed by atoms with E-state index in [1.165, 1.54) is 0 Å². The summed E-state index contributed by atoms with van der Waals surface area (Å²) in [4.78, 5) is 18.2. The minimum absolute atomic E-state index is 0.0813. The molecule has 1 saturated heterocycles. The lowest BCUT2D eigenvalue weighted by Gasteiger charge is -2.14. The number of pyridine rings is 1. The van der Waals surface area contributed by atoms with Gasteiger partial charge < -0.3 is 4.90 Å². The smallest absolute Gasteiger partial charge is 0.231 e. The normalized spacial score (nSPS) is 18.5. The van der Waals surface area contributed by atoms with Crippen LogP contribution < -0.4 is 4.90 Å². The van der Waals surface area contributed by atoms with E-state index in [9.17, 15) is 4.79 Å². The second kappa shape index (κ2) is 6.07. The third kappa shape index (κ3) is 2.78. The number of thioether (sulfide) groups is 1. The fraction of sp³-hybridized carbons (Fsp3) is 0.357. The lowest BCUT2D eigenvalue weighted by molar-refractivity contribution is -0.119. The fourth-order valence-corrected chi connectivity index (χ4v) is 3.42. The molecule has 3 heterocycles. The second-order valence-corrected chi connectivity index (χ2v) is 6.16. The zero-order chi connectivity index (χ0) is 14.8. The Kier molecular flexibility index (Phi) is 4.17. The number of aromatic nitrogens is 3. The van der Waals surface area contributed by atoms with E-state index in [2.05, 4.69) is 10.1 Å². The first-order valence-electron chi connectivity index (χ1n) is 6.66. The molecule has 21 heavy (non-hydrogen) atoms. The molecule has 0 N–H and O–H groups in total. The van der Waals surface area contributed by atoms with E-state index in [4.69, 9.17) is 11.6 Å². The van der Waals surface area contributed by atoms with Gasteiger partial charge in [-0.05, 0) is 24.8 Å². The van der Waals surface area contributed by atoms with Crippen molar-refractivity contribution in [2.75, 3.05) is 23.5 Å². The van der Waals surface area contributed by atoms with Crippen molar-refractivity contribution in [2.24, 2.45) is 5.92 Å². The summed E-state index contributed by atoms with van der Waals surface area (Å²) in [6.07, 6.45) is 8.08. The number of rotatable bonds is 4. The highest BCUT2D eigenvalue weighted by Gasteiger charge is 2.34. The number of halogens is 1. The molecule has 7 heteroatoms. The lowest BCUT2D eigenvalue weighted by atomic mass is 10.1. The van der Waals surface area contributed by atoms with Crippen LogP contribution in [0.4, 0.5) is 5.69 Å². The Morgan fingerprint density at radius 3 is 3.10 bits per heavy atom. The molecule has 0 aromatic carbocycles. The van der Waals surface area contributed by atoms with Crippen LogP contribution in [0.3, 0.4) is 0 Å². The van der Waals surface area contributed by atoms with Crippen molar-refractivity contribution < 1.29 is 4.79 Å². The number of nitrogens with zero attached hydrogens (tertiary/aromatic N) is 4. The molecule has 0 spiro atoms. The van der Waals surface area contributed by atoms with Gasteiger partial charge in [-0.15, -0.1) is 0 Å². The Hall–Kier alpha value is -1.53. The first kappa shape index (κ1) is 14.4. The second-order valence-electron chi connectivity index (χ2n) is 4.89. The lowest BCUT2D eigenvalue weighted by Crippen LogP contribution is -2.27. The average molecular weight is 323 g/mol. The molecule has 0 aliphatic carbocycles. The van der Waals surface area contributed by atoms with Crippen LogP contribution in [-0.4, -0.2) is 39.2 Å². The van der Waals surface area contributed by atoms with E-state index < -0.39 is 0 Å². The zero-order valence-electron chi connectivity index (χ0n) is 11.6. The molecule has 2 aromatic heterocycles. The monoisotopic (exact) mass is 322 g/mol. The molecule has 1 aliphatic heterocycles. The summed E-state index contributed by atoms with van der Waals surface area (Å²) in [7, 11) is 0. The van der Waals surface area contributed by atoms with Crippen molar-refractivity contribution in [1.29, 1.82) is 0 Å². The van der Waals surface area contributed by atoms with Gasteiger partial charge >= 0.3 is 0 Å². The molecule has 1 atom stereocenters. The molecule has 3 rings (SSSR count). The molecular weight excluding hydrogens is 308 g/mol. The largest absolute Gasteiger partial charge is 0.308 e. The molecule has 2 aromatic rings. The first-order chi connectivity index (χ1) is 10.2. The SMILES string of the molecule is CSCC1CCN(c2cn(-c3cccnc3)nc2Cl)C1=O. The molecule has 1 aliphatic rings. The maximum atomic E-state index is 12.4. The Labute approximate surface area is 132 Å². The number of amides is 1. The average Bonchev–Trinajstić information content (AvgIpc) is 3.05. The van der Waals surface area contributed by atoms with Gasteiger partial charge in [0.15, 0.2) is 5.15 Å². The summed E-state index contributed by atoms with van der Waals surface area (Å²) < 4.78 is 1.65. The van der Waals surface area contributed by atoms with E-state index in [1.807, 2.05) is 18.4 Å². The van der Waals surface area contributed by atoms with E-state index in [1.54, 1.807) is 39.9 Å². The summed E-state index contributed by atoms with van der Waals surface area (Å²) in [5.41, 5.74) is 1.49. The molecule has 1 unspecified atom stereocenters. The van der Waals surface area contributed by atoms with Gasteiger partial charge in [0.1, 0.15) is 5.69 Å². The van der Waals surface area contributed by atoms with Crippen LogP contribution >= 0.6 is 23.4 Å². The Balaban J connectivity index is 1.87. The van der Waals surface area contributed by atoms with Crippen molar-refractivity contribution >= 4 is 35.0 Å². The zero-order valence-corrected chi connectivity index (χ0v) is 13.1. The molecule has 0 radical (unpaired) electrons. The molecular formula is C14H15ClN4OS. The van der Waals surface area contributed by atoms with Crippen LogP contribution in [0.2, 0.25) is 5.15 Å². The first-order valence-corrected chi connectivity index (χ1v) is 8.43. The fourth-order valence-electron chi connectivity index (χ4n) is 2.48. The number of hydrogen-bond donors (Lipinski definition) is 0. The highest BCUT2D eigenvalue weighted by atomic mass is 35.5. The highest BCUT2D eigenvalue weighted by Crippen LogP contribution is 2.32.